The number of hydrogen-bond acceptors (Lipinski definition) is 2. The highest BCUT2D eigenvalue weighted by atomic mass is 16.2. The third-order valence-electron chi connectivity index (χ3n) is 2.62. The summed E-state index contributed by atoms with van der Waals surface area (Å²) in [5, 5.41) is 5.53. The van der Waals surface area contributed by atoms with Gasteiger partial charge in [-0.25, -0.2) is 0 Å². The summed E-state index contributed by atoms with van der Waals surface area (Å²) < 4.78 is 0. The maximum Gasteiger partial charge on any atom is 0.251 e. The topological polar surface area (TPSA) is 58.2 Å². The largest absolute Gasteiger partial charge is 0.354 e. The molecule has 1 aromatic rings. The molecule has 98 valence electrons. The monoisotopic (exact) mass is 248 g/mol. The molecule has 4 heteroatoms. The van der Waals surface area contributed by atoms with Crippen molar-refractivity contribution < 1.29 is 9.59 Å². The predicted molar refractivity (Wildman–Crippen MR) is 71.4 cm³/mol. The molecule has 0 radical (unpaired) electrons. The average molecular weight is 248 g/mol. The number of carbonyl (C=O) groups is 2. The van der Waals surface area contributed by atoms with E-state index in [4.69, 9.17) is 0 Å². The second kappa shape index (κ2) is 6.79. The zero-order valence-corrected chi connectivity index (χ0v) is 11.1. The van der Waals surface area contributed by atoms with Crippen LogP contribution in [-0.4, -0.2) is 24.9 Å². The van der Waals surface area contributed by atoms with E-state index in [0.29, 0.717) is 18.7 Å². The number of aryl methyl sites for hydroxylation is 1. The lowest BCUT2D eigenvalue weighted by Crippen LogP contribution is -2.36. The van der Waals surface area contributed by atoms with Crippen LogP contribution in [0, 0.1) is 12.8 Å². The molecule has 18 heavy (non-hydrogen) atoms. The van der Waals surface area contributed by atoms with Crippen LogP contribution in [0.15, 0.2) is 24.3 Å². The molecule has 0 aromatic heterocycles. The van der Waals surface area contributed by atoms with Gasteiger partial charge >= 0.3 is 0 Å². The molecule has 0 spiro atoms. The van der Waals surface area contributed by atoms with E-state index < -0.39 is 0 Å². The SMILES string of the molecule is Cc1ccccc1C(=O)NCCNC(=O)C(C)C. The van der Waals surface area contributed by atoms with Crippen molar-refractivity contribution in [2.24, 2.45) is 5.92 Å². The van der Waals surface area contributed by atoms with Gasteiger partial charge in [0, 0.05) is 24.6 Å². The summed E-state index contributed by atoms with van der Waals surface area (Å²) in [5.74, 6) is -0.135. The molecule has 0 bridgehead atoms. The maximum absolute atomic E-state index is 11.8. The van der Waals surface area contributed by atoms with E-state index in [1.165, 1.54) is 0 Å². The summed E-state index contributed by atoms with van der Waals surface area (Å²) in [6.07, 6.45) is 0. The molecule has 0 atom stereocenters. The zero-order chi connectivity index (χ0) is 13.5. The Labute approximate surface area is 108 Å². The van der Waals surface area contributed by atoms with Crippen molar-refractivity contribution in [3.8, 4) is 0 Å². The fraction of sp³-hybridized carbons (Fsp3) is 0.429. The van der Waals surface area contributed by atoms with Crippen molar-refractivity contribution in [3.05, 3.63) is 35.4 Å². The Bertz CT molecular complexity index is 428. The summed E-state index contributed by atoms with van der Waals surface area (Å²) in [5.41, 5.74) is 1.62. The molecule has 0 unspecified atom stereocenters. The normalized spacial score (nSPS) is 10.2. The van der Waals surface area contributed by atoms with Gasteiger partial charge in [0.15, 0.2) is 0 Å². The van der Waals surface area contributed by atoms with Gasteiger partial charge in [-0.15, -0.1) is 0 Å². The second-order valence-electron chi connectivity index (χ2n) is 4.52. The predicted octanol–water partition coefficient (Wildman–Crippen LogP) is 1.50. The van der Waals surface area contributed by atoms with E-state index in [-0.39, 0.29) is 17.7 Å². The number of nitrogens with one attached hydrogen (secondary N) is 2. The Morgan fingerprint density at radius 1 is 1.11 bits per heavy atom. The standard InChI is InChI=1S/C14H20N2O2/c1-10(2)13(17)15-8-9-16-14(18)12-7-5-4-6-11(12)3/h4-7,10H,8-9H2,1-3H3,(H,15,17)(H,16,18). The molecule has 0 aliphatic heterocycles. The fourth-order valence-corrected chi connectivity index (χ4v) is 1.49. The van der Waals surface area contributed by atoms with E-state index >= 15 is 0 Å². The van der Waals surface area contributed by atoms with Gasteiger partial charge in [0.05, 0.1) is 0 Å². The number of amides is 2. The Hall–Kier alpha value is -1.84. The van der Waals surface area contributed by atoms with Crippen molar-refractivity contribution >= 4 is 11.8 Å². The van der Waals surface area contributed by atoms with Gasteiger partial charge in [-0.3, -0.25) is 9.59 Å². The maximum atomic E-state index is 11.8. The molecule has 0 saturated carbocycles. The molecule has 0 fully saturated rings. The highest BCUT2D eigenvalue weighted by molar-refractivity contribution is 5.95. The van der Waals surface area contributed by atoms with E-state index in [1.54, 1.807) is 6.07 Å². The van der Waals surface area contributed by atoms with Crippen LogP contribution in [0.1, 0.15) is 29.8 Å². The quantitative estimate of drug-likeness (QED) is 0.776. The van der Waals surface area contributed by atoms with Crippen LogP contribution in [0.3, 0.4) is 0 Å². The van der Waals surface area contributed by atoms with Crippen molar-refractivity contribution in [1.82, 2.24) is 10.6 Å². The molecular weight excluding hydrogens is 228 g/mol. The van der Waals surface area contributed by atoms with Crippen LogP contribution in [-0.2, 0) is 4.79 Å². The van der Waals surface area contributed by atoms with Crippen molar-refractivity contribution in [2.75, 3.05) is 13.1 Å². The molecule has 1 rings (SSSR count). The van der Waals surface area contributed by atoms with Gasteiger partial charge < -0.3 is 10.6 Å². The lowest BCUT2D eigenvalue weighted by Gasteiger charge is -2.09. The van der Waals surface area contributed by atoms with Gasteiger partial charge in [-0.2, -0.15) is 0 Å². The summed E-state index contributed by atoms with van der Waals surface area (Å²) >= 11 is 0. The van der Waals surface area contributed by atoms with Crippen LogP contribution in [0.25, 0.3) is 0 Å². The average Bonchev–Trinajstić information content (AvgIpc) is 2.34. The number of rotatable bonds is 5. The van der Waals surface area contributed by atoms with Gasteiger partial charge in [-0.1, -0.05) is 32.0 Å². The number of hydrogen-bond donors (Lipinski definition) is 2. The lowest BCUT2D eigenvalue weighted by atomic mass is 10.1. The minimum atomic E-state index is -0.105. The van der Waals surface area contributed by atoms with Crippen molar-refractivity contribution in [3.63, 3.8) is 0 Å². The molecule has 4 nitrogen and oxygen atoms in total. The van der Waals surface area contributed by atoms with Crippen LogP contribution < -0.4 is 10.6 Å². The van der Waals surface area contributed by atoms with Gasteiger partial charge in [0.2, 0.25) is 5.91 Å². The summed E-state index contributed by atoms with van der Waals surface area (Å²) in [6.45, 7) is 6.46. The third-order valence-corrected chi connectivity index (χ3v) is 2.62. The first kappa shape index (κ1) is 14.2. The summed E-state index contributed by atoms with van der Waals surface area (Å²) in [6, 6.07) is 7.42. The van der Waals surface area contributed by atoms with Crippen LogP contribution in [0.5, 0.6) is 0 Å². The Kier molecular flexibility index (Phi) is 5.36. The van der Waals surface area contributed by atoms with Gasteiger partial charge in [-0.05, 0) is 18.6 Å². The summed E-state index contributed by atoms with van der Waals surface area (Å²) in [4.78, 5) is 23.1. The van der Waals surface area contributed by atoms with Gasteiger partial charge in [0.25, 0.3) is 5.91 Å². The molecule has 2 amide bonds. The Morgan fingerprint density at radius 2 is 1.72 bits per heavy atom. The third kappa shape index (κ3) is 4.20. The van der Waals surface area contributed by atoms with E-state index in [1.807, 2.05) is 39.0 Å². The van der Waals surface area contributed by atoms with E-state index in [0.717, 1.165) is 5.56 Å². The van der Waals surface area contributed by atoms with Crippen LogP contribution in [0.2, 0.25) is 0 Å². The minimum Gasteiger partial charge on any atom is -0.354 e. The molecule has 0 saturated heterocycles. The van der Waals surface area contributed by atoms with Crippen LogP contribution >= 0.6 is 0 Å². The molecule has 2 N–H and O–H groups in total. The summed E-state index contributed by atoms with van der Waals surface area (Å²) in [7, 11) is 0. The fourth-order valence-electron chi connectivity index (χ4n) is 1.49. The Balaban J connectivity index is 2.35. The van der Waals surface area contributed by atoms with Gasteiger partial charge in [0.1, 0.15) is 0 Å². The highest BCUT2D eigenvalue weighted by Crippen LogP contribution is 2.05. The van der Waals surface area contributed by atoms with E-state index in [2.05, 4.69) is 10.6 Å². The Morgan fingerprint density at radius 3 is 2.33 bits per heavy atom. The minimum absolute atomic E-state index is 0.000130. The molecule has 0 aliphatic rings. The second-order valence-corrected chi connectivity index (χ2v) is 4.52. The lowest BCUT2D eigenvalue weighted by molar-refractivity contribution is -0.123. The smallest absolute Gasteiger partial charge is 0.251 e. The van der Waals surface area contributed by atoms with Crippen molar-refractivity contribution in [1.29, 1.82) is 0 Å². The molecule has 1 aromatic carbocycles. The molecule has 0 heterocycles. The first-order valence-corrected chi connectivity index (χ1v) is 6.14. The van der Waals surface area contributed by atoms with Crippen molar-refractivity contribution in [2.45, 2.75) is 20.8 Å². The number of carbonyl (C=O) groups excluding carboxylic acids is 2. The highest BCUT2D eigenvalue weighted by Gasteiger charge is 2.08. The first-order valence-electron chi connectivity index (χ1n) is 6.14. The zero-order valence-electron chi connectivity index (χ0n) is 11.1. The number of benzene rings is 1. The first-order chi connectivity index (χ1) is 8.52. The molecular formula is C14H20N2O2. The van der Waals surface area contributed by atoms with Crippen LogP contribution in [0.4, 0.5) is 0 Å². The van der Waals surface area contributed by atoms with E-state index in [9.17, 15) is 9.59 Å². The molecule has 0 aliphatic carbocycles.